The van der Waals surface area contributed by atoms with Crippen LogP contribution in [0.3, 0.4) is 0 Å². The molecule has 0 radical (unpaired) electrons. The predicted molar refractivity (Wildman–Crippen MR) is 79.7 cm³/mol. The first-order valence-corrected chi connectivity index (χ1v) is 6.51. The molecule has 0 atom stereocenters. The Balaban J connectivity index is 2.03. The van der Waals surface area contributed by atoms with E-state index in [9.17, 15) is 4.79 Å². The van der Waals surface area contributed by atoms with Gasteiger partial charge in [-0.05, 0) is 42.3 Å². The van der Waals surface area contributed by atoms with Gasteiger partial charge in [0.1, 0.15) is 0 Å². The Kier molecular flexibility index (Phi) is 4.39. The lowest BCUT2D eigenvalue weighted by atomic mass is 10.1. The highest BCUT2D eigenvalue weighted by Gasteiger charge is 2.07. The fourth-order valence-corrected chi connectivity index (χ4v) is 2.08. The molecule has 0 aliphatic heterocycles. The van der Waals surface area contributed by atoms with Crippen molar-refractivity contribution in [2.24, 2.45) is 0 Å². The fraction of sp³-hybridized carbons (Fsp3) is 0.125. The van der Waals surface area contributed by atoms with Gasteiger partial charge in [0.05, 0.1) is 28.8 Å². The average molecular weight is 285 g/mol. The normalized spacial score (nSPS) is 9.85. The number of hydrogen-bond donors (Lipinski definition) is 1. The molecule has 1 N–H and O–H groups in total. The van der Waals surface area contributed by atoms with E-state index in [2.05, 4.69) is 5.32 Å². The maximum Gasteiger partial charge on any atom is 0.228 e. The second-order valence-electron chi connectivity index (χ2n) is 4.52. The Morgan fingerprint density at radius 1 is 1.25 bits per heavy atom. The van der Waals surface area contributed by atoms with E-state index in [0.29, 0.717) is 16.3 Å². The third kappa shape index (κ3) is 3.59. The summed E-state index contributed by atoms with van der Waals surface area (Å²) >= 11 is 6.07. The maximum absolute atomic E-state index is 11.9. The van der Waals surface area contributed by atoms with Gasteiger partial charge in [0.2, 0.25) is 5.91 Å². The molecule has 0 fully saturated rings. The number of carbonyl (C=O) groups excluding carboxylic acids is 1. The summed E-state index contributed by atoms with van der Waals surface area (Å²) < 4.78 is 0. The zero-order valence-corrected chi connectivity index (χ0v) is 11.7. The first kappa shape index (κ1) is 14.1. The zero-order valence-electron chi connectivity index (χ0n) is 11.0. The Morgan fingerprint density at radius 3 is 2.55 bits per heavy atom. The Bertz CT molecular complexity index is 672. The van der Waals surface area contributed by atoms with Gasteiger partial charge in [-0.2, -0.15) is 5.26 Å². The smallest absolute Gasteiger partial charge is 0.228 e. The van der Waals surface area contributed by atoms with Crippen molar-refractivity contribution in [3.05, 3.63) is 64.2 Å². The second kappa shape index (κ2) is 6.23. The number of halogens is 1. The van der Waals surface area contributed by atoms with Crippen LogP contribution >= 0.6 is 11.6 Å². The fourth-order valence-electron chi connectivity index (χ4n) is 1.80. The molecule has 2 rings (SSSR count). The molecule has 0 unspecified atom stereocenters. The van der Waals surface area contributed by atoms with Gasteiger partial charge in [-0.1, -0.05) is 29.8 Å². The summed E-state index contributed by atoms with van der Waals surface area (Å²) in [6, 6.07) is 14.5. The quantitative estimate of drug-likeness (QED) is 0.934. The van der Waals surface area contributed by atoms with E-state index in [-0.39, 0.29) is 12.3 Å². The van der Waals surface area contributed by atoms with E-state index in [4.69, 9.17) is 16.9 Å². The highest BCUT2D eigenvalue weighted by molar-refractivity contribution is 6.33. The molecular weight excluding hydrogens is 272 g/mol. The van der Waals surface area contributed by atoms with Crippen LogP contribution < -0.4 is 5.32 Å². The van der Waals surface area contributed by atoms with Gasteiger partial charge in [0.15, 0.2) is 0 Å². The molecule has 2 aromatic rings. The largest absolute Gasteiger partial charge is 0.324 e. The lowest BCUT2D eigenvalue weighted by Gasteiger charge is -2.08. The lowest BCUT2D eigenvalue weighted by Crippen LogP contribution is -2.14. The van der Waals surface area contributed by atoms with Crippen LogP contribution in [0.4, 0.5) is 5.69 Å². The Morgan fingerprint density at radius 2 is 1.95 bits per heavy atom. The van der Waals surface area contributed by atoms with E-state index < -0.39 is 0 Å². The molecule has 2 aromatic carbocycles. The average Bonchev–Trinajstić information content (AvgIpc) is 2.43. The van der Waals surface area contributed by atoms with Gasteiger partial charge in [0.25, 0.3) is 0 Å². The van der Waals surface area contributed by atoms with E-state index in [1.807, 2.05) is 19.1 Å². The van der Waals surface area contributed by atoms with Gasteiger partial charge in [-0.25, -0.2) is 0 Å². The standard InChI is InChI=1S/C16H13ClN2O/c1-11-2-7-15(14(17)8-11)19-16(20)9-12-3-5-13(10-18)6-4-12/h2-8H,9H2,1H3,(H,19,20). The van der Waals surface area contributed by atoms with Crippen molar-refractivity contribution < 1.29 is 4.79 Å². The summed E-state index contributed by atoms with van der Waals surface area (Å²) in [5, 5.41) is 12.0. The molecule has 100 valence electrons. The Hall–Kier alpha value is -2.31. The first-order valence-electron chi connectivity index (χ1n) is 6.13. The molecule has 0 bridgehead atoms. The third-order valence-corrected chi connectivity index (χ3v) is 3.16. The van der Waals surface area contributed by atoms with Crippen molar-refractivity contribution >= 4 is 23.2 Å². The topological polar surface area (TPSA) is 52.9 Å². The minimum Gasteiger partial charge on any atom is -0.324 e. The summed E-state index contributed by atoms with van der Waals surface area (Å²) in [6.45, 7) is 1.94. The Labute approximate surface area is 122 Å². The van der Waals surface area contributed by atoms with Crippen LogP contribution in [0.25, 0.3) is 0 Å². The van der Waals surface area contributed by atoms with Crippen LogP contribution in [-0.4, -0.2) is 5.91 Å². The van der Waals surface area contributed by atoms with Crippen LogP contribution in [0.15, 0.2) is 42.5 Å². The second-order valence-corrected chi connectivity index (χ2v) is 4.92. The predicted octanol–water partition coefficient (Wildman–Crippen LogP) is 3.70. The van der Waals surface area contributed by atoms with E-state index in [1.54, 1.807) is 36.4 Å². The highest BCUT2D eigenvalue weighted by atomic mass is 35.5. The van der Waals surface area contributed by atoms with E-state index in [0.717, 1.165) is 11.1 Å². The number of nitriles is 1. The number of benzene rings is 2. The molecule has 0 heterocycles. The van der Waals surface area contributed by atoms with E-state index >= 15 is 0 Å². The molecule has 20 heavy (non-hydrogen) atoms. The summed E-state index contributed by atoms with van der Waals surface area (Å²) in [5.74, 6) is -0.138. The van der Waals surface area contributed by atoms with Crippen molar-refractivity contribution in [3.8, 4) is 6.07 Å². The highest BCUT2D eigenvalue weighted by Crippen LogP contribution is 2.22. The summed E-state index contributed by atoms with van der Waals surface area (Å²) in [5.41, 5.74) is 3.08. The van der Waals surface area contributed by atoms with Crippen LogP contribution in [0.1, 0.15) is 16.7 Å². The SMILES string of the molecule is Cc1ccc(NC(=O)Cc2ccc(C#N)cc2)c(Cl)c1. The van der Waals surface area contributed by atoms with Crippen molar-refractivity contribution in [2.45, 2.75) is 13.3 Å². The molecule has 0 saturated carbocycles. The number of amides is 1. The minimum atomic E-state index is -0.138. The van der Waals surface area contributed by atoms with Crippen molar-refractivity contribution in [1.29, 1.82) is 5.26 Å². The molecule has 0 aliphatic rings. The number of carbonyl (C=O) groups is 1. The van der Waals surface area contributed by atoms with Gasteiger partial charge in [0, 0.05) is 0 Å². The monoisotopic (exact) mass is 284 g/mol. The van der Waals surface area contributed by atoms with Crippen LogP contribution in [0, 0.1) is 18.3 Å². The molecule has 0 aliphatic carbocycles. The summed E-state index contributed by atoms with van der Waals surface area (Å²) in [6.07, 6.45) is 0.246. The van der Waals surface area contributed by atoms with Crippen LogP contribution in [0.2, 0.25) is 5.02 Å². The van der Waals surface area contributed by atoms with E-state index in [1.165, 1.54) is 0 Å². The van der Waals surface area contributed by atoms with Crippen LogP contribution in [-0.2, 0) is 11.2 Å². The molecule has 1 amide bonds. The van der Waals surface area contributed by atoms with Gasteiger partial charge in [-0.3, -0.25) is 4.79 Å². The molecule has 3 nitrogen and oxygen atoms in total. The van der Waals surface area contributed by atoms with Gasteiger partial charge in [-0.15, -0.1) is 0 Å². The molecule has 4 heteroatoms. The summed E-state index contributed by atoms with van der Waals surface area (Å²) in [4.78, 5) is 11.9. The minimum absolute atomic E-state index is 0.138. The maximum atomic E-state index is 11.9. The molecule has 0 saturated heterocycles. The van der Waals surface area contributed by atoms with Crippen molar-refractivity contribution in [3.63, 3.8) is 0 Å². The number of nitrogens with one attached hydrogen (secondary N) is 1. The van der Waals surface area contributed by atoms with Crippen molar-refractivity contribution in [2.75, 3.05) is 5.32 Å². The molecule has 0 aromatic heterocycles. The number of nitrogens with zero attached hydrogens (tertiary/aromatic N) is 1. The van der Waals surface area contributed by atoms with Crippen molar-refractivity contribution in [1.82, 2.24) is 0 Å². The van der Waals surface area contributed by atoms with Crippen LogP contribution in [0.5, 0.6) is 0 Å². The number of aryl methyl sites for hydroxylation is 1. The third-order valence-electron chi connectivity index (χ3n) is 2.85. The molecule has 0 spiro atoms. The number of rotatable bonds is 3. The number of hydrogen-bond acceptors (Lipinski definition) is 2. The lowest BCUT2D eigenvalue weighted by molar-refractivity contribution is -0.115. The molecular formula is C16H13ClN2O. The van der Waals surface area contributed by atoms with Gasteiger partial charge >= 0.3 is 0 Å². The zero-order chi connectivity index (χ0) is 14.5. The summed E-state index contributed by atoms with van der Waals surface area (Å²) in [7, 11) is 0. The van der Waals surface area contributed by atoms with Gasteiger partial charge < -0.3 is 5.32 Å². The number of anilines is 1. The first-order chi connectivity index (χ1) is 9.58.